The highest BCUT2D eigenvalue weighted by Crippen LogP contribution is 2.23. The van der Waals surface area contributed by atoms with Crippen molar-refractivity contribution in [1.82, 2.24) is 4.57 Å². The SMILES string of the molecule is Cn1cc(Br)c2cc(F)oc2c1=O. The fraction of sp³-hybridized carbons (Fsp3) is 0.125. The highest BCUT2D eigenvalue weighted by atomic mass is 79.9. The number of rotatable bonds is 0. The summed E-state index contributed by atoms with van der Waals surface area (Å²) in [6.45, 7) is 0. The van der Waals surface area contributed by atoms with Crippen LogP contribution in [0.3, 0.4) is 0 Å². The van der Waals surface area contributed by atoms with Gasteiger partial charge < -0.3 is 8.98 Å². The molecule has 0 amide bonds. The van der Waals surface area contributed by atoms with Gasteiger partial charge in [-0.2, -0.15) is 4.39 Å². The van der Waals surface area contributed by atoms with Gasteiger partial charge in [0.1, 0.15) is 0 Å². The summed E-state index contributed by atoms with van der Waals surface area (Å²) in [6.07, 6.45) is 1.57. The second-order valence-electron chi connectivity index (χ2n) is 2.69. The van der Waals surface area contributed by atoms with E-state index in [0.717, 1.165) is 0 Å². The molecular formula is C8H5BrFNO2. The highest BCUT2D eigenvalue weighted by Gasteiger charge is 2.11. The summed E-state index contributed by atoms with van der Waals surface area (Å²) in [7, 11) is 1.58. The molecule has 0 aliphatic heterocycles. The number of furan rings is 1. The molecule has 2 rings (SSSR count). The van der Waals surface area contributed by atoms with Crippen LogP contribution in [0.15, 0.2) is 25.9 Å². The van der Waals surface area contributed by atoms with Gasteiger partial charge in [-0.05, 0) is 15.9 Å². The lowest BCUT2D eigenvalue weighted by Crippen LogP contribution is -2.15. The number of aromatic nitrogens is 1. The molecule has 3 nitrogen and oxygen atoms in total. The van der Waals surface area contributed by atoms with E-state index in [2.05, 4.69) is 20.3 Å². The Bertz CT molecular complexity index is 529. The molecule has 0 aliphatic rings. The maximum Gasteiger partial charge on any atom is 0.294 e. The predicted octanol–water partition coefficient (Wildman–Crippen LogP) is 2.03. The van der Waals surface area contributed by atoms with Crippen molar-refractivity contribution in [2.45, 2.75) is 0 Å². The van der Waals surface area contributed by atoms with Crippen LogP contribution in [-0.2, 0) is 7.05 Å². The number of halogens is 2. The largest absolute Gasteiger partial charge is 0.425 e. The fourth-order valence-corrected chi connectivity index (χ4v) is 1.76. The number of hydrogen-bond acceptors (Lipinski definition) is 2. The van der Waals surface area contributed by atoms with Gasteiger partial charge in [-0.3, -0.25) is 4.79 Å². The van der Waals surface area contributed by atoms with Crippen molar-refractivity contribution in [1.29, 1.82) is 0 Å². The summed E-state index contributed by atoms with van der Waals surface area (Å²) in [5.74, 6) is 0. The van der Waals surface area contributed by atoms with Crippen LogP contribution in [0.25, 0.3) is 11.0 Å². The second-order valence-corrected chi connectivity index (χ2v) is 3.54. The average Bonchev–Trinajstić information content (AvgIpc) is 2.44. The first-order valence-electron chi connectivity index (χ1n) is 3.54. The summed E-state index contributed by atoms with van der Waals surface area (Å²) in [5, 5.41) is 0.459. The normalized spacial score (nSPS) is 11.0. The minimum absolute atomic E-state index is 0.0365. The Kier molecular flexibility index (Phi) is 1.76. The maximum absolute atomic E-state index is 12.7. The zero-order valence-corrected chi connectivity index (χ0v) is 8.26. The molecule has 0 unspecified atom stereocenters. The van der Waals surface area contributed by atoms with E-state index in [1.54, 1.807) is 13.2 Å². The number of pyridine rings is 1. The van der Waals surface area contributed by atoms with Gasteiger partial charge in [-0.15, -0.1) is 0 Å². The smallest absolute Gasteiger partial charge is 0.294 e. The van der Waals surface area contributed by atoms with Crippen LogP contribution in [-0.4, -0.2) is 4.57 Å². The van der Waals surface area contributed by atoms with Crippen LogP contribution in [0.1, 0.15) is 0 Å². The van der Waals surface area contributed by atoms with Crippen molar-refractivity contribution in [3.8, 4) is 0 Å². The van der Waals surface area contributed by atoms with Crippen molar-refractivity contribution >= 4 is 26.9 Å². The summed E-state index contributed by atoms with van der Waals surface area (Å²) in [4.78, 5) is 11.4. The third kappa shape index (κ3) is 1.19. The fourth-order valence-electron chi connectivity index (χ4n) is 1.16. The Hall–Kier alpha value is -1.10. The van der Waals surface area contributed by atoms with Crippen molar-refractivity contribution in [2.75, 3.05) is 0 Å². The zero-order chi connectivity index (χ0) is 9.59. The molecule has 0 bridgehead atoms. The molecular weight excluding hydrogens is 241 g/mol. The molecule has 0 saturated carbocycles. The van der Waals surface area contributed by atoms with E-state index in [9.17, 15) is 9.18 Å². The molecule has 2 heterocycles. The van der Waals surface area contributed by atoms with Gasteiger partial charge in [0.05, 0.1) is 0 Å². The first-order chi connectivity index (χ1) is 6.09. The van der Waals surface area contributed by atoms with Crippen molar-refractivity contribution < 1.29 is 8.81 Å². The van der Waals surface area contributed by atoms with Crippen LogP contribution in [0, 0.1) is 6.01 Å². The molecule has 5 heteroatoms. The van der Waals surface area contributed by atoms with Crippen molar-refractivity contribution in [3.63, 3.8) is 0 Å². The van der Waals surface area contributed by atoms with Crippen LogP contribution in [0.5, 0.6) is 0 Å². The minimum atomic E-state index is -0.751. The number of hydrogen-bond donors (Lipinski definition) is 0. The maximum atomic E-state index is 12.7. The Morgan fingerprint density at radius 1 is 1.62 bits per heavy atom. The molecule has 0 spiro atoms. The van der Waals surface area contributed by atoms with Gasteiger partial charge in [-0.25, -0.2) is 0 Å². The van der Waals surface area contributed by atoms with Crippen LogP contribution >= 0.6 is 15.9 Å². The standard InChI is InChI=1S/C8H5BrFNO2/c1-11-3-5(9)4-2-6(10)13-7(4)8(11)12/h2-3H,1H3. The predicted molar refractivity (Wildman–Crippen MR) is 49.1 cm³/mol. The second kappa shape index (κ2) is 2.70. The van der Waals surface area contributed by atoms with Crippen LogP contribution in [0.2, 0.25) is 0 Å². The van der Waals surface area contributed by atoms with E-state index in [1.165, 1.54) is 10.6 Å². The van der Waals surface area contributed by atoms with E-state index in [-0.39, 0.29) is 11.1 Å². The topological polar surface area (TPSA) is 35.1 Å². The lowest BCUT2D eigenvalue weighted by molar-refractivity contribution is 0.378. The van der Waals surface area contributed by atoms with Crippen molar-refractivity contribution in [3.05, 3.63) is 33.1 Å². The van der Waals surface area contributed by atoms with E-state index in [4.69, 9.17) is 0 Å². The molecule has 0 saturated heterocycles. The molecule has 13 heavy (non-hydrogen) atoms. The molecule has 0 atom stereocenters. The molecule has 2 aromatic heterocycles. The monoisotopic (exact) mass is 245 g/mol. The zero-order valence-electron chi connectivity index (χ0n) is 6.67. The number of fused-ring (bicyclic) bond motifs is 1. The minimum Gasteiger partial charge on any atom is -0.425 e. The molecule has 68 valence electrons. The van der Waals surface area contributed by atoms with Crippen LogP contribution in [0.4, 0.5) is 4.39 Å². The van der Waals surface area contributed by atoms with E-state index >= 15 is 0 Å². The highest BCUT2D eigenvalue weighted by molar-refractivity contribution is 9.10. The molecule has 0 aromatic carbocycles. The first-order valence-corrected chi connectivity index (χ1v) is 4.33. The Morgan fingerprint density at radius 3 is 3.00 bits per heavy atom. The third-order valence-electron chi connectivity index (χ3n) is 1.78. The Labute approximate surface area is 80.9 Å². The van der Waals surface area contributed by atoms with Gasteiger partial charge in [0, 0.05) is 29.2 Å². The molecule has 2 aromatic rings. The van der Waals surface area contributed by atoms with Gasteiger partial charge >= 0.3 is 0 Å². The average molecular weight is 246 g/mol. The van der Waals surface area contributed by atoms with Crippen LogP contribution < -0.4 is 5.56 Å². The number of nitrogens with zero attached hydrogens (tertiary/aromatic N) is 1. The lowest BCUT2D eigenvalue weighted by atomic mass is 10.3. The van der Waals surface area contributed by atoms with Crippen molar-refractivity contribution in [2.24, 2.45) is 7.05 Å². The summed E-state index contributed by atoms with van der Waals surface area (Å²) < 4.78 is 19.3. The molecule has 0 aliphatic carbocycles. The summed E-state index contributed by atoms with van der Waals surface area (Å²) in [6, 6.07) is 0.430. The quantitative estimate of drug-likeness (QED) is 0.712. The molecule has 0 fully saturated rings. The van der Waals surface area contributed by atoms with Gasteiger partial charge in [-0.1, -0.05) is 0 Å². The van der Waals surface area contributed by atoms with E-state index in [1.807, 2.05) is 0 Å². The molecule has 0 radical (unpaired) electrons. The Balaban J connectivity index is 3.04. The first kappa shape index (κ1) is 8.50. The Morgan fingerprint density at radius 2 is 2.31 bits per heavy atom. The lowest BCUT2D eigenvalue weighted by Gasteiger charge is -1.97. The van der Waals surface area contributed by atoms with Gasteiger partial charge in [0.15, 0.2) is 0 Å². The third-order valence-corrected chi connectivity index (χ3v) is 2.41. The van der Waals surface area contributed by atoms with E-state index < -0.39 is 6.01 Å². The van der Waals surface area contributed by atoms with E-state index in [0.29, 0.717) is 9.86 Å². The summed E-state index contributed by atoms with van der Waals surface area (Å²) >= 11 is 3.21. The van der Waals surface area contributed by atoms with Gasteiger partial charge in [0.25, 0.3) is 11.6 Å². The number of aryl methyl sites for hydroxylation is 1. The molecule has 0 N–H and O–H groups in total. The van der Waals surface area contributed by atoms with Gasteiger partial charge in [0.2, 0.25) is 5.58 Å². The summed E-state index contributed by atoms with van der Waals surface area (Å²) in [5.41, 5.74) is -0.309.